The van der Waals surface area contributed by atoms with Crippen LogP contribution in [0.1, 0.15) is 35.7 Å². The maximum atomic E-state index is 12.2. The standard InChI is InChI=1S/C15H21BrN2O/c1-3-18-8-6-13(7-9-18)17-15(19)12-4-5-14(16)11(2)10-12/h4-5,10,13H,3,6-9H2,1-2H3,(H,17,19). The smallest absolute Gasteiger partial charge is 0.251 e. The summed E-state index contributed by atoms with van der Waals surface area (Å²) in [4.78, 5) is 14.6. The number of benzene rings is 1. The topological polar surface area (TPSA) is 32.3 Å². The number of likely N-dealkylation sites (tertiary alicyclic amines) is 1. The van der Waals surface area contributed by atoms with Crippen LogP contribution in [0.3, 0.4) is 0 Å². The van der Waals surface area contributed by atoms with E-state index in [2.05, 4.69) is 33.1 Å². The van der Waals surface area contributed by atoms with Crippen LogP contribution in [0, 0.1) is 6.92 Å². The quantitative estimate of drug-likeness (QED) is 0.927. The molecule has 1 aliphatic rings. The molecule has 0 radical (unpaired) electrons. The van der Waals surface area contributed by atoms with Crippen molar-refractivity contribution in [1.29, 1.82) is 0 Å². The minimum atomic E-state index is 0.0468. The Kier molecular flexibility index (Phi) is 4.99. The summed E-state index contributed by atoms with van der Waals surface area (Å²) >= 11 is 3.45. The third-order valence-corrected chi connectivity index (χ3v) is 4.68. The molecule has 1 heterocycles. The lowest BCUT2D eigenvalue weighted by Gasteiger charge is -2.31. The van der Waals surface area contributed by atoms with Crippen molar-refractivity contribution >= 4 is 21.8 Å². The van der Waals surface area contributed by atoms with Crippen molar-refractivity contribution in [1.82, 2.24) is 10.2 Å². The highest BCUT2D eigenvalue weighted by Gasteiger charge is 2.20. The van der Waals surface area contributed by atoms with Crippen molar-refractivity contribution < 1.29 is 4.79 Å². The fourth-order valence-corrected chi connectivity index (χ4v) is 2.69. The fourth-order valence-electron chi connectivity index (χ4n) is 2.45. The predicted molar refractivity (Wildman–Crippen MR) is 81.5 cm³/mol. The average molecular weight is 325 g/mol. The van der Waals surface area contributed by atoms with Crippen LogP contribution < -0.4 is 5.32 Å². The number of amides is 1. The van der Waals surface area contributed by atoms with E-state index in [1.807, 2.05) is 25.1 Å². The molecule has 0 spiro atoms. The summed E-state index contributed by atoms with van der Waals surface area (Å²) in [5, 5.41) is 3.15. The van der Waals surface area contributed by atoms with Crippen molar-refractivity contribution in [3.63, 3.8) is 0 Å². The lowest BCUT2D eigenvalue weighted by Crippen LogP contribution is -2.44. The van der Waals surface area contributed by atoms with E-state index in [9.17, 15) is 4.79 Å². The van der Waals surface area contributed by atoms with Crippen molar-refractivity contribution in [2.75, 3.05) is 19.6 Å². The molecule has 1 amide bonds. The van der Waals surface area contributed by atoms with Gasteiger partial charge in [0.1, 0.15) is 0 Å². The van der Waals surface area contributed by atoms with Gasteiger partial charge >= 0.3 is 0 Å². The van der Waals surface area contributed by atoms with Crippen LogP contribution in [0.25, 0.3) is 0 Å². The maximum Gasteiger partial charge on any atom is 0.251 e. The molecule has 0 aliphatic carbocycles. The number of carbonyl (C=O) groups is 1. The first-order valence-corrected chi connectivity index (χ1v) is 7.69. The summed E-state index contributed by atoms with van der Waals surface area (Å²) < 4.78 is 1.04. The lowest BCUT2D eigenvalue weighted by atomic mass is 10.0. The van der Waals surface area contributed by atoms with Gasteiger partial charge in [0.05, 0.1) is 0 Å². The van der Waals surface area contributed by atoms with Gasteiger partial charge in [-0.1, -0.05) is 22.9 Å². The van der Waals surface area contributed by atoms with Crippen LogP contribution in [-0.4, -0.2) is 36.5 Å². The number of carbonyl (C=O) groups excluding carboxylic acids is 1. The molecule has 0 bridgehead atoms. The molecule has 1 fully saturated rings. The first-order chi connectivity index (χ1) is 9.10. The highest BCUT2D eigenvalue weighted by molar-refractivity contribution is 9.10. The zero-order valence-electron chi connectivity index (χ0n) is 11.6. The van der Waals surface area contributed by atoms with E-state index in [-0.39, 0.29) is 5.91 Å². The van der Waals surface area contributed by atoms with Gasteiger partial charge in [0, 0.05) is 29.2 Å². The van der Waals surface area contributed by atoms with Gasteiger partial charge in [0.15, 0.2) is 0 Å². The highest BCUT2D eigenvalue weighted by atomic mass is 79.9. The second-order valence-electron chi connectivity index (χ2n) is 5.15. The number of halogens is 1. The first-order valence-electron chi connectivity index (χ1n) is 6.89. The van der Waals surface area contributed by atoms with Crippen LogP contribution >= 0.6 is 15.9 Å². The Morgan fingerprint density at radius 1 is 1.42 bits per heavy atom. The third kappa shape index (κ3) is 3.80. The van der Waals surface area contributed by atoms with Crippen LogP contribution in [0.5, 0.6) is 0 Å². The molecule has 3 nitrogen and oxygen atoms in total. The number of rotatable bonds is 3. The Morgan fingerprint density at radius 3 is 2.68 bits per heavy atom. The predicted octanol–water partition coefficient (Wildman–Crippen LogP) is 2.97. The molecule has 104 valence electrons. The Bertz CT molecular complexity index is 453. The molecule has 0 aromatic heterocycles. The Morgan fingerprint density at radius 2 is 2.11 bits per heavy atom. The normalized spacial score (nSPS) is 17.4. The van der Waals surface area contributed by atoms with E-state index in [1.54, 1.807) is 0 Å². The number of hydrogen-bond acceptors (Lipinski definition) is 2. The van der Waals surface area contributed by atoms with Gasteiger partial charge in [-0.25, -0.2) is 0 Å². The molecule has 0 atom stereocenters. The molecule has 0 saturated carbocycles. The summed E-state index contributed by atoms with van der Waals surface area (Å²) in [5.41, 5.74) is 1.84. The van der Waals surface area contributed by atoms with Crippen LogP contribution in [0.15, 0.2) is 22.7 Å². The summed E-state index contributed by atoms with van der Waals surface area (Å²) in [6.07, 6.45) is 2.10. The van der Waals surface area contributed by atoms with E-state index in [0.717, 1.165) is 48.1 Å². The zero-order chi connectivity index (χ0) is 13.8. The molecule has 1 N–H and O–H groups in total. The number of nitrogens with zero attached hydrogens (tertiary/aromatic N) is 1. The van der Waals surface area contributed by atoms with E-state index < -0.39 is 0 Å². The Labute approximate surface area is 123 Å². The van der Waals surface area contributed by atoms with Gasteiger partial charge in [-0.15, -0.1) is 0 Å². The second-order valence-corrected chi connectivity index (χ2v) is 6.00. The van der Waals surface area contributed by atoms with Gasteiger partial charge < -0.3 is 10.2 Å². The van der Waals surface area contributed by atoms with E-state index in [1.165, 1.54) is 0 Å². The molecule has 1 saturated heterocycles. The highest BCUT2D eigenvalue weighted by Crippen LogP contribution is 2.17. The summed E-state index contributed by atoms with van der Waals surface area (Å²) in [6, 6.07) is 6.05. The van der Waals surface area contributed by atoms with Crippen LogP contribution in [-0.2, 0) is 0 Å². The van der Waals surface area contributed by atoms with Gasteiger partial charge in [-0.2, -0.15) is 0 Å². The average Bonchev–Trinajstić information content (AvgIpc) is 2.42. The number of nitrogens with one attached hydrogen (secondary N) is 1. The summed E-state index contributed by atoms with van der Waals surface area (Å²) in [5.74, 6) is 0.0468. The fraction of sp³-hybridized carbons (Fsp3) is 0.533. The number of hydrogen-bond donors (Lipinski definition) is 1. The van der Waals surface area contributed by atoms with Crippen molar-refractivity contribution in [3.8, 4) is 0 Å². The summed E-state index contributed by atoms with van der Waals surface area (Å²) in [6.45, 7) is 7.46. The molecule has 1 aliphatic heterocycles. The monoisotopic (exact) mass is 324 g/mol. The number of aryl methyl sites for hydroxylation is 1. The molecular weight excluding hydrogens is 304 g/mol. The van der Waals surface area contributed by atoms with Crippen molar-refractivity contribution in [2.24, 2.45) is 0 Å². The van der Waals surface area contributed by atoms with Gasteiger partial charge in [-0.05, 0) is 50.1 Å². The van der Waals surface area contributed by atoms with E-state index >= 15 is 0 Å². The van der Waals surface area contributed by atoms with E-state index in [4.69, 9.17) is 0 Å². The Balaban J connectivity index is 1.92. The minimum Gasteiger partial charge on any atom is -0.349 e. The molecule has 1 aromatic rings. The maximum absolute atomic E-state index is 12.2. The van der Waals surface area contributed by atoms with Gasteiger partial charge in [-0.3, -0.25) is 4.79 Å². The largest absolute Gasteiger partial charge is 0.349 e. The molecule has 19 heavy (non-hydrogen) atoms. The second kappa shape index (κ2) is 6.53. The minimum absolute atomic E-state index is 0.0468. The van der Waals surface area contributed by atoms with E-state index in [0.29, 0.717) is 6.04 Å². The first kappa shape index (κ1) is 14.5. The molecule has 2 rings (SSSR count). The molecular formula is C15H21BrN2O. The molecule has 0 unspecified atom stereocenters. The Hall–Kier alpha value is -0.870. The van der Waals surface area contributed by atoms with Crippen LogP contribution in [0.4, 0.5) is 0 Å². The van der Waals surface area contributed by atoms with Crippen molar-refractivity contribution in [3.05, 3.63) is 33.8 Å². The van der Waals surface area contributed by atoms with Crippen molar-refractivity contribution in [2.45, 2.75) is 32.7 Å². The summed E-state index contributed by atoms with van der Waals surface area (Å²) in [7, 11) is 0. The van der Waals surface area contributed by atoms with Crippen LogP contribution in [0.2, 0.25) is 0 Å². The SMILES string of the molecule is CCN1CCC(NC(=O)c2ccc(Br)c(C)c2)CC1. The number of piperidine rings is 1. The third-order valence-electron chi connectivity index (χ3n) is 3.79. The molecule has 4 heteroatoms. The molecule has 1 aromatic carbocycles. The zero-order valence-corrected chi connectivity index (χ0v) is 13.2. The lowest BCUT2D eigenvalue weighted by molar-refractivity contribution is 0.0912. The van der Waals surface area contributed by atoms with Gasteiger partial charge in [0.25, 0.3) is 5.91 Å². The van der Waals surface area contributed by atoms with Gasteiger partial charge in [0.2, 0.25) is 0 Å².